The van der Waals surface area contributed by atoms with Crippen LogP contribution in [0.2, 0.25) is 0 Å². The number of hydrogen-bond donors (Lipinski definition) is 0. The number of ether oxygens (including phenoxy) is 1. The number of amides is 1. The van der Waals surface area contributed by atoms with Gasteiger partial charge in [-0.05, 0) is 52.9 Å². The maximum absolute atomic E-state index is 13.0. The first kappa shape index (κ1) is 21.1. The average Bonchev–Trinajstić information content (AvgIpc) is 2.94. The van der Waals surface area contributed by atoms with Gasteiger partial charge in [0.05, 0.1) is 13.0 Å². The Kier molecular flexibility index (Phi) is 6.63. The fourth-order valence-corrected chi connectivity index (χ4v) is 4.14. The number of hydrogen-bond acceptors (Lipinski definition) is 4. The Hall–Kier alpha value is -3.18. The molecule has 4 rings (SSSR count). The van der Waals surface area contributed by atoms with Gasteiger partial charge in [0.25, 0.3) is 0 Å². The minimum absolute atomic E-state index is 0.0406. The molecule has 0 spiro atoms. The number of likely N-dealkylation sites (N-methyl/N-ethyl adjacent to an activating group) is 1. The summed E-state index contributed by atoms with van der Waals surface area (Å²) >= 11 is 0. The van der Waals surface area contributed by atoms with Crippen molar-refractivity contribution in [2.45, 2.75) is 13.0 Å². The van der Waals surface area contributed by atoms with Crippen molar-refractivity contribution in [3.63, 3.8) is 0 Å². The van der Waals surface area contributed by atoms with Crippen LogP contribution in [0.25, 0.3) is 11.1 Å². The van der Waals surface area contributed by atoms with Gasteiger partial charge >= 0.3 is 0 Å². The van der Waals surface area contributed by atoms with Gasteiger partial charge in [0.1, 0.15) is 5.75 Å². The van der Waals surface area contributed by atoms with Crippen LogP contribution in [-0.4, -0.2) is 54.5 Å². The van der Waals surface area contributed by atoms with Gasteiger partial charge in [0.2, 0.25) is 5.91 Å². The zero-order valence-electron chi connectivity index (χ0n) is 18.2. The molecule has 0 saturated carbocycles. The Labute approximate surface area is 184 Å². The predicted molar refractivity (Wildman–Crippen MR) is 123 cm³/mol. The first-order chi connectivity index (χ1) is 15.1. The molecular weight excluding hydrogens is 386 g/mol. The van der Waals surface area contributed by atoms with Gasteiger partial charge in [-0.1, -0.05) is 36.4 Å². The van der Waals surface area contributed by atoms with E-state index in [2.05, 4.69) is 46.3 Å². The highest BCUT2D eigenvalue weighted by molar-refractivity contribution is 5.79. The van der Waals surface area contributed by atoms with Crippen molar-refractivity contribution < 1.29 is 9.53 Å². The summed E-state index contributed by atoms with van der Waals surface area (Å²) in [6, 6.07) is 20.7. The summed E-state index contributed by atoms with van der Waals surface area (Å²) in [6.07, 6.45) is 4.40. The van der Waals surface area contributed by atoms with Gasteiger partial charge in [0.15, 0.2) is 0 Å². The van der Waals surface area contributed by atoms with E-state index in [1.54, 1.807) is 7.11 Å². The Balaban J connectivity index is 1.45. The van der Waals surface area contributed by atoms with Crippen molar-refractivity contribution in [2.75, 3.05) is 33.8 Å². The SMILES string of the molecule is COc1ccc(-c2ccc(CC3CN(Cc4ccncc4)CCN(C)C3=O)cc2)cc1. The van der Waals surface area contributed by atoms with Gasteiger partial charge in [-0.3, -0.25) is 14.7 Å². The van der Waals surface area contributed by atoms with Gasteiger partial charge < -0.3 is 9.64 Å². The molecule has 0 radical (unpaired) electrons. The van der Waals surface area contributed by atoms with E-state index in [0.29, 0.717) is 0 Å². The molecule has 1 fully saturated rings. The lowest BCUT2D eigenvalue weighted by molar-refractivity contribution is -0.133. The second kappa shape index (κ2) is 9.75. The average molecular weight is 416 g/mol. The second-order valence-corrected chi connectivity index (χ2v) is 8.18. The van der Waals surface area contributed by atoms with Crippen LogP contribution in [-0.2, 0) is 17.8 Å². The maximum Gasteiger partial charge on any atom is 0.227 e. The summed E-state index contributed by atoms with van der Waals surface area (Å²) in [5, 5.41) is 0. The molecule has 31 heavy (non-hydrogen) atoms. The van der Waals surface area contributed by atoms with E-state index in [4.69, 9.17) is 4.74 Å². The number of carbonyl (C=O) groups excluding carboxylic acids is 1. The molecule has 1 saturated heterocycles. The van der Waals surface area contributed by atoms with E-state index in [0.717, 1.165) is 49.5 Å². The van der Waals surface area contributed by atoms with E-state index in [-0.39, 0.29) is 11.8 Å². The Morgan fingerprint density at radius 1 is 0.903 bits per heavy atom. The first-order valence-electron chi connectivity index (χ1n) is 10.7. The Morgan fingerprint density at radius 3 is 2.19 bits per heavy atom. The molecule has 3 aromatic rings. The number of carbonyl (C=O) groups is 1. The molecule has 0 N–H and O–H groups in total. The molecule has 0 bridgehead atoms. The van der Waals surface area contributed by atoms with Crippen LogP contribution >= 0.6 is 0 Å². The third-order valence-electron chi connectivity index (χ3n) is 5.97. The highest BCUT2D eigenvalue weighted by atomic mass is 16.5. The lowest BCUT2D eigenvalue weighted by atomic mass is 9.95. The molecule has 1 aliphatic rings. The summed E-state index contributed by atoms with van der Waals surface area (Å²) in [5.74, 6) is 1.05. The molecule has 1 unspecified atom stereocenters. The lowest BCUT2D eigenvalue weighted by Gasteiger charge is -2.23. The van der Waals surface area contributed by atoms with E-state index in [1.807, 2.05) is 48.6 Å². The largest absolute Gasteiger partial charge is 0.497 e. The molecule has 2 heterocycles. The van der Waals surface area contributed by atoms with Crippen LogP contribution in [0.15, 0.2) is 73.1 Å². The van der Waals surface area contributed by atoms with Crippen molar-refractivity contribution in [3.8, 4) is 16.9 Å². The van der Waals surface area contributed by atoms with Crippen LogP contribution in [0.4, 0.5) is 0 Å². The summed E-state index contributed by atoms with van der Waals surface area (Å²) in [5.41, 5.74) is 4.74. The smallest absolute Gasteiger partial charge is 0.227 e. The van der Waals surface area contributed by atoms with Crippen LogP contribution in [0, 0.1) is 5.92 Å². The molecule has 1 aromatic heterocycles. The van der Waals surface area contributed by atoms with E-state index >= 15 is 0 Å². The monoisotopic (exact) mass is 415 g/mol. The highest BCUT2D eigenvalue weighted by Crippen LogP contribution is 2.24. The fraction of sp³-hybridized carbons (Fsp3) is 0.308. The van der Waals surface area contributed by atoms with Crippen LogP contribution in [0.3, 0.4) is 0 Å². The first-order valence-corrected chi connectivity index (χ1v) is 10.7. The van der Waals surface area contributed by atoms with Crippen molar-refractivity contribution in [3.05, 3.63) is 84.2 Å². The molecule has 1 aliphatic heterocycles. The van der Waals surface area contributed by atoms with Gasteiger partial charge in [-0.25, -0.2) is 0 Å². The molecule has 5 nitrogen and oxygen atoms in total. The van der Waals surface area contributed by atoms with Crippen molar-refractivity contribution >= 4 is 5.91 Å². The lowest BCUT2D eigenvalue weighted by Crippen LogP contribution is -2.34. The minimum atomic E-state index is -0.0406. The van der Waals surface area contributed by atoms with Crippen LogP contribution < -0.4 is 4.74 Å². The predicted octanol–water partition coefficient (Wildman–Crippen LogP) is 3.89. The van der Waals surface area contributed by atoms with Crippen LogP contribution in [0.1, 0.15) is 11.1 Å². The van der Waals surface area contributed by atoms with Crippen molar-refractivity contribution in [1.29, 1.82) is 0 Å². The van der Waals surface area contributed by atoms with Crippen LogP contribution in [0.5, 0.6) is 5.75 Å². The van der Waals surface area contributed by atoms with E-state index in [1.165, 1.54) is 11.1 Å². The van der Waals surface area contributed by atoms with Crippen molar-refractivity contribution in [1.82, 2.24) is 14.8 Å². The molecule has 0 aliphatic carbocycles. The number of methoxy groups -OCH3 is 1. The summed E-state index contributed by atoms with van der Waals surface area (Å²) in [6.45, 7) is 3.26. The van der Waals surface area contributed by atoms with Gasteiger partial charge in [0, 0.05) is 45.6 Å². The van der Waals surface area contributed by atoms with Crippen molar-refractivity contribution in [2.24, 2.45) is 5.92 Å². The quantitative estimate of drug-likeness (QED) is 0.613. The summed E-state index contributed by atoms with van der Waals surface area (Å²) in [7, 11) is 3.59. The van der Waals surface area contributed by atoms with E-state index < -0.39 is 0 Å². The molecule has 5 heteroatoms. The third-order valence-corrected chi connectivity index (χ3v) is 5.97. The summed E-state index contributed by atoms with van der Waals surface area (Å²) < 4.78 is 5.24. The number of benzene rings is 2. The van der Waals surface area contributed by atoms with E-state index in [9.17, 15) is 4.79 Å². The third kappa shape index (κ3) is 5.30. The topological polar surface area (TPSA) is 45.7 Å². The molecular formula is C26H29N3O2. The zero-order valence-corrected chi connectivity index (χ0v) is 18.2. The van der Waals surface area contributed by atoms with Gasteiger partial charge in [-0.15, -0.1) is 0 Å². The highest BCUT2D eigenvalue weighted by Gasteiger charge is 2.28. The molecule has 2 aromatic carbocycles. The zero-order chi connectivity index (χ0) is 21.6. The molecule has 1 atom stereocenters. The number of rotatable bonds is 6. The molecule has 160 valence electrons. The normalized spacial score (nSPS) is 17.4. The summed E-state index contributed by atoms with van der Waals surface area (Å²) in [4.78, 5) is 21.3. The standard InChI is InChI=1S/C26H29N3O2/c1-28-15-16-29(18-21-11-13-27-14-12-21)19-24(26(28)30)17-20-3-5-22(6-4-20)23-7-9-25(31-2)10-8-23/h3-14,24H,15-19H2,1-2H3. The molecule has 1 amide bonds. The number of aromatic nitrogens is 1. The maximum atomic E-state index is 13.0. The fourth-order valence-electron chi connectivity index (χ4n) is 4.14. The second-order valence-electron chi connectivity index (χ2n) is 8.18. The minimum Gasteiger partial charge on any atom is -0.497 e. The Morgan fingerprint density at radius 2 is 1.55 bits per heavy atom. The number of pyridine rings is 1. The Bertz CT molecular complexity index is 987. The number of nitrogens with zero attached hydrogens (tertiary/aromatic N) is 3. The van der Waals surface area contributed by atoms with Gasteiger partial charge in [-0.2, -0.15) is 0 Å².